The number of ether oxygens (including phenoxy) is 2. The van der Waals surface area contributed by atoms with E-state index in [1.54, 1.807) is 20.8 Å². The lowest BCUT2D eigenvalue weighted by molar-refractivity contribution is -0.130. The molecule has 1 aliphatic rings. The van der Waals surface area contributed by atoms with Crippen molar-refractivity contribution >= 4 is 18.0 Å². The largest absolute Gasteiger partial charge is 0.443 e. The Morgan fingerprint density at radius 1 is 1.08 bits per heavy atom. The number of amides is 2. The lowest BCUT2D eigenvalue weighted by Gasteiger charge is -2.37. The Morgan fingerprint density at radius 2 is 1.75 bits per heavy atom. The number of hydrogen-bond donors (Lipinski definition) is 0. The smallest absolute Gasteiger partial charge is 0.429 e. The number of benzene rings is 1. The van der Waals surface area contributed by atoms with Crippen LogP contribution in [0, 0.1) is 0 Å². The molecule has 0 radical (unpaired) electrons. The topological polar surface area (TPSA) is 76.2 Å². The minimum atomic E-state index is -0.752. The van der Waals surface area contributed by atoms with Crippen LogP contribution in [0.25, 0.3) is 0 Å². The minimum absolute atomic E-state index is 0.0620. The predicted octanol–water partition coefficient (Wildman–Crippen LogP) is 2.75. The summed E-state index contributed by atoms with van der Waals surface area (Å²) in [5.41, 5.74) is 0.121. The molecule has 2 rings (SSSR count). The lowest BCUT2D eigenvalue weighted by Crippen LogP contribution is -2.56. The lowest BCUT2D eigenvalue weighted by atomic mass is 10.2. The third-order valence-electron chi connectivity index (χ3n) is 3.24. The number of rotatable bonds is 2. The fourth-order valence-electron chi connectivity index (χ4n) is 2.14. The van der Waals surface area contributed by atoms with Gasteiger partial charge in [0.1, 0.15) is 18.8 Å². The maximum atomic E-state index is 12.3. The molecular formula is C17H22N2O5. The van der Waals surface area contributed by atoms with Crippen molar-refractivity contribution in [3.63, 3.8) is 0 Å². The molecule has 1 aliphatic heterocycles. The average Bonchev–Trinajstić information content (AvgIpc) is 2.51. The molecule has 0 atom stereocenters. The summed E-state index contributed by atoms with van der Waals surface area (Å²) in [5, 5.41) is 2.13. The first-order valence-corrected chi connectivity index (χ1v) is 7.76. The summed E-state index contributed by atoms with van der Waals surface area (Å²) in [7, 11) is 0. The van der Waals surface area contributed by atoms with Gasteiger partial charge in [0.25, 0.3) is 0 Å². The van der Waals surface area contributed by atoms with Crippen LogP contribution in [-0.2, 0) is 20.9 Å². The van der Waals surface area contributed by atoms with Crippen molar-refractivity contribution in [2.75, 3.05) is 13.1 Å². The second-order valence-electron chi connectivity index (χ2n) is 6.49. The van der Waals surface area contributed by atoms with Gasteiger partial charge < -0.3 is 9.47 Å². The molecule has 1 saturated heterocycles. The summed E-state index contributed by atoms with van der Waals surface area (Å²) in [4.78, 5) is 36.2. The quantitative estimate of drug-likeness (QED) is 0.831. The molecule has 0 N–H and O–H groups in total. The van der Waals surface area contributed by atoms with Crippen molar-refractivity contribution in [3.8, 4) is 0 Å². The van der Waals surface area contributed by atoms with Crippen molar-refractivity contribution in [2.24, 2.45) is 0 Å². The molecular weight excluding hydrogens is 312 g/mol. The van der Waals surface area contributed by atoms with E-state index < -0.39 is 17.8 Å². The number of ketones is 1. The van der Waals surface area contributed by atoms with E-state index in [9.17, 15) is 14.4 Å². The molecule has 0 aliphatic carbocycles. The van der Waals surface area contributed by atoms with Crippen LogP contribution in [0.15, 0.2) is 30.3 Å². The van der Waals surface area contributed by atoms with E-state index in [0.717, 1.165) is 15.6 Å². The molecule has 0 saturated carbocycles. The van der Waals surface area contributed by atoms with Crippen molar-refractivity contribution in [2.45, 2.75) is 39.4 Å². The van der Waals surface area contributed by atoms with Gasteiger partial charge in [-0.25, -0.2) is 19.6 Å². The number of carbonyl (C=O) groups is 3. The summed E-state index contributed by atoms with van der Waals surface area (Å²) in [6.45, 7) is 5.15. The standard InChI is InChI=1S/C17H22N2O5/c1-17(2,3)24-16(22)18-10-9-14(20)11-19(18)15(21)23-12-13-7-5-4-6-8-13/h4-8H,9-12H2,1-3H3. The number of Topliss-reactive ketones (excluding diaryl/α,β-unsaturated/α-hetero) is 1. The zero-order valence-electron chi connectivity index (χ0n) is 14.2. The summed E-state index contributed by atoms with van der Waals surface area (Å²) >= 11 is 0. The van der Waals surface area contributed by atoms with Gasteiger partial charge in [0.2, 0.25) is 0 Å². The summed E-state index contributed by atoms with van der Waals surface area (Å²) in [5.74, 6) is -0.133. The van der Waals surface area contributed by atoms with Gasteiger partial charge in [-0.05, 0) is 26.3 Å². The van der Waals surface area contributed by atoms with Gasteiger partial charge in [0, 0.05) is 6.42 Å². The van der Waals surface area contributed by atoms with Gasteiger partial charge in [-0.15, -0.1) is 0 Å². The van der Waals surface area contributed by atoms with Crippen LogP contribution >= 0.6 is 0 Å². The molecule has 1 aromatic carbocycles. The Labute approximate surface area is 141 Å². The first-order valence-electron chi connectivity index (χ1n) is 7.76. The van der Waals surface area contributed by atoms with E-state index in [4.69, 9.17) is 9.47 Å². The molecule has 0 unspecified atom stereocenters. The van der Waals surface area contributed by atoms with Crippen LogP contribution < -0.4 is 0 Å². The molecule has 130 valence electrons. The first kappa shape index (κ1) is 17.8. The first-order chi connectivity index (χ1) is 11.3. The monoisotopic (exact) mass is 334 g/mol. The highest BCUT2D eigenvalue weighted by atomic mass is 16.6. The predicted molar refractivity (Wildman–Crippen MR) is 85.9 cm³/mol. The van der Waals surface area contributed by atoms with Gasteiger partial charge in [0.15, 0.2) is 5.78 Å². The zero-order valence-corrected chi connectivity index (χ0v) is 14.2. The summed E-state index contributed by atoms with van der Waals surface area (Å²) in [6.07, 6.45) is -1.24. The molecule has 7 heteroatoms. The number of hydrazine groups is 1. The molecule has 0 bridgehead atoms. The number of nitrogens with zero attached hydrogens (tertiary/aromatic N) is 2. The number of hydrogen-bond acceptors (Lipinski definition) is 5. The van der Waals surface area contributed by atoms with E-state index in [1.807, 2.05) is 30.3 Å². The zero-order chi connectivity index (χ0) is 17.7. The van der Waals surface area contributed by atoms with Gasteiger partial charge in [-0.3, -0.25) is 4.79 Å². The highest BCUT2D eigenvalue weighted by molar-refractivity contribution is 5.87. The van der Waals surface area contributed by atoms with E-state index in [-0.39, 0.29) is 31.9 Å². The third kappa shape index (κ3) is 4.97. The van der Waals surface area contributed by atoms with Crippen LogP contribution in [0.4, 0.5) is 9.59 Å². The Hall–Kier alpha value is -2.57. The summed E-state index contributed by atoms with van der Waals surface area (Å²) < 4.78 is 10.5. The molecule has 7 nitrogen and oxygen atoms in total. The highest BCUT2D eigenvalue weighted by Crippen LogP contribution is 2.16. The SMILES string of the molecule is CC(C)(C)OC(=O)N1CCC(=O)CN1C(=O)OCc1ccccc1. The normalized spacial score (nSPS) is 15.2. The van der Waals surface area contributed by atoms with E-state index >= 15 is 0 Å². The van der Waals surface area contributed by atoms with Crippen molar-refractivity contribution in [3.05, 3.63) is 35.9 Å². The molecule has 0 spiro atoms. The molecule has 0 aromatic heterocycles. The van der Waals surface area contributed by atoms with Crippen LogP contribution in [0.2, 0.25) is 0 Å². The highest BCUT2D eigenvalue weighted by Gasteiger charge is 2.35. The second kappa shape index (κ2) is 7.33. The fourth-order valence-corrected chi connectivity index (χ4v) is 2.14. The van der Waals surface area contributed by atoms with Crippen LogP contribution in [0.5, 0.6) is 0 Å². The van der Waals surface area contributed by atoms with Crippen LogP contribution in [0.3, 0.4) is 0 Å². The Kier molecular flexibility index (Phi) is 5.43. The second-order valence-corrected chi connectivity index (χ2v) is 6.49. The maximum absolute atomic E-state index is 12.3. The van der Waals surface area contributed by atoms with E-state index in [2.05, 4.69) is 0 Å². The number of carbonyl (C=O) groups excluding carboxylic acids is 3. The van der Waals surface area contributed by atoms with Gasteiger partial charge in [-0.1, -0.05) is 30.3 Å². The Morgan fingerprint density at radius 3 is 2.38 bits per heavy atom. The fraction of sp³-hybridized carbons (Fsp3) is 0.471. The van der Waals surface area contributed by atoms with Crippen molar-refractivity contribution in [1.29, 1.82) is 0 Å². The average molecular weight is 334 g/mol. The van der Waals surface area contributed by atoms with Crippen LogP contribution in [0.1, 0.15) is 32.8 Å². The van der Waals surface area contributed by atoms with Crippen molar-refractivity contribution in [1.82, 2.24) is 10.0 Å². The molecule has 1 heterocycles. The van der Waals surface area contributed by atoms with Crippen molar-refractivity contribution < 1.29 is 23.9 Å². The summed E-state index contributed by atoms with van der Waals surface area (Å²) in [6, 6.07) is 9.17. The molecule has 24 heavy (non-hydrogen) atoms. The van der Waals surface area contributed by atoms with Gasteiger partial charge in [-0.2, -0.15) is 0 Å². The molecule has 2 amide bonds. The van der Waals surface area contributed by atoms with E-state index in [0.29, 0.717) is 0 Å². The Balaban J connectivity index is 2.03. The molecule has 1 aromatic rings. The van der Waals surface area contributed by atoms with Crippen LogP contribution in [-0.4, -0.2) is 46.7 Å². The Bertz CT molecular complexity index is 609. The van der Waals surface area contributed by atoms with Gasteiger partial charge >= 0.3 is 12.2 Å². The van der Waals surface area contributed by atoms with E-state index in [1.165, 1.54) is 0 Å². The van der Waals surface area contributed by atoms with Gasteiger partial charge in [0.05, 0.1) is 6.54 Å². The minimum Gasteiger partial charge on any atom is -0.443 e. The third-order valence-corrected chi connectivity index (χ3v) is 3.24. The molecule has 1 fully saturated rings. The maximum Gasteiger partial charge on any atom is 0.429 e.